The smallest absolute Gasteiger partial charge is 0.262 e. The molecule has 10 nitrogen and oxygen atoms in total. The van der Waals surface area contributed by atoms with Crippen LogP contribution in [0, 0.1) is 0 Å². The van der Waals surface area contributed by atoms with E-state index in [4.69, 9.17) is 49.8 Å². The summed E-state index contributed by atoms with van der Waals surface area (Å²) in [6.07, 6.45) is 0. The van der Waals surface area contributed by atoms with E-state index in [9.17, 15) is 16.8 Å². The zero-order valence-electron chi connectivity index (χ0n) is 24.6. The van der Waals surface area contributed by atoms with E-state index in [-0.39, 0.29) is 21.1 Å². The van der Waals surface area contributed by atoms with Crippen molar-refractivity contribution in [2.24, 2.45) is 0 Å². The molecule has 14 heteroatoms. The van der Waals surface area contributed by atoms with Gasteiger partial charge in [0.15, 0.2) is 23.0 Å². The Morgan fingerprint density at radius 1 is 0.477 bits per heavy atom. The highest BCUT2D eigenvalue weighted by Gasteiger charge is 2.25. The predicted octanol–water partition coefficient (Wildman–Crippen LogP) is 6.61. The van der Waals surface area contributed by atoms with Gasteiger partial charge in [-0.1, -0.05) is 18.2 Å². The molecule has 0 fully saturated rings. The van der Waals surface area contributed by atoms with Crippen LogP contribution in [-0.2, 0) is 18.1 Å². The monoisotopic (exact) mass is 684 g/mol. The lowest BCUT2D eigenvalue weighted by Crippen LogP contribution is -2.01. The van der Waals surface area contributed by atoms with Crippen molar-refractivity contribution in [3.63, 3.8) is 0 Å². The Hall–Kier alpha value is -3.84. The third kappa shape index (κ3) is 8.00. The molecule has 0 aliphatic rings. The SMILES string of the molecule is COc1ccc(-c2c(S(=O)(=O)Cl)ccc(OC)c2OC)cc1OC.COc1ccc(-c2cc(OC)ccc2S(=O)(=O)Cl)cc1. The molecular weight excluding hydrogens is 655 g/mol. The summed E-state index contributed by atoms with van der Waals surface area (Å²) in [6, 6.07) is 19.5. The summed E-state index contributed by atoms with van der Waals surface area (Å²) in [4.78, 5) is -0.0424. The minimum absolute atomic E-state index is 0.0464. The maximum Gasteiger partial charge on any atom is 0.262 e. The molecule has 236 valence electrons. The van der Waals surface area contributed by atoms with E-state index >= 15 is 0 Å². The lowest BCUT2D eigenvalue weighted by Gasteiger charge is -2.17. The number of hydrogen-bond acceptors (Lipinski definition) is 10. The number of halogens is 2. The van der Waals surface area contributed by atoms with Gasteiger partial charge in [-0.05, 0) is 65.7 Å². The van der Waals surface area contributed by atoms with Crippen LogP contribution in [0.5, 0.6) is 34.5 Å². The quantitative estimate of drug-likeness (QED) is 0.169. The second-order valence-corrected chi connectivity index (χ2v) is 13.8. The molecule has 0 atom stereocenters. The summed E-state index contributed by atoms with van der Waals surface area (Å²) in [5.74, 6) is 2.83. The molecule has 0 saturated carbocycles. The molecule has 4 aromatic carbocycles. The lowest BCUT2D eigenvalue weighted by atomic mass is 10.0. The van der Waals surface area contributed by atoms with Crippen LogP contribution < -0.4 is 28.4 Å². The van der Waals surface area contributed by atoms with E-state index in [1.807, 2.05) is 0 Å². The lowest BCUT2D eigenvalue weighted by molar-refractivity contribution is 0.353. The Balaban J connectivity index is 0.000000244. The average molecular weight is 686 g/mol. The molecule has 0 heterocycles. The minimum Gasteiger partial charge on any atom is -0.497 e. The van der Waals surface area contributed by atoms with Gasteiger partial charge in [-0.3, -0.25) is 0 Å². The normalized spacial score (nSPS) is 11.1. The molecule has 0 aliphatic carbocycles. The third-order valence-electron chi connectivity index (χ3n) is 6.29. The van der Waals surface area contributed by atoms with Crippen LogP contribution in [-0.4, -0.2) is 59.5 Å². The van der Waals surface area contributed by atoms with Gasteiger partial charge in [0.25, 0.3) is 18.1 Å². The van der Waals surface area contributed by atoms with Gasteiger partial charge in [-0.25, -0.2) is 16.8 Å². The maximum atomic E-state index is 12.0. The van der Waals surface area contributed by atoms with E-state index in [0.29, 0.717) is 45.4 Å². The van der Waals surface area contributed by atoms with E-state index in [0.717, 1.165) is 0 Å². The highest BCUT2D eigenvalue weighted by atomic mass is 35.7. The molecule has 0 N–H and O–H groups in total. The first kappa shape index (κ1) is 34.6. The predicted molar refractivity (Wildman–Crippen MR) is 169 cm³/mol. The van der Waals surface area contributed by atoms with Crippen molar-refractivity contribution >= 4 is 39.5 Å². The number of ether oxygens (including phenoxy) is 6. The Bertz CT molecular complexity index is 1830. The van der Waals surface area contributed by atoms with Gasteiger partial charge in [-0.15, -0.1) is 0 Å². The number of benzene rings is 4. The van der Waals surface area contributed by atoms with Crippen molar-refractivity contribution in [3.8, 4) is 56.8 Å². The molecule has 4 rings (SSSR count). The number of methoxy groups -OCH3 is 6. The standard InChI is InChI=1S/C16H17ClO6S.C14H13ClO4S/c1-20-11-6-5-10(9-13(11)22-3)15-14(24(17,18)19)8-7-12(21-2)16(15)23-4;1-18-11-5-3-10(4-6-11)13-9-12(19-2)7-8-14(13)20(15,16)17/h5-9H,1-4H3;3-9H,1-2H3. The largest absolute Gasteiger partial charge is 0.497 e. The second kappa shape index (κ2) is 14.8. The zero-order valence-corrected chi connectivity index (χ0v) is 27.7. The Morgan fingerprint density at radius 3 is 1.48 bits per heavy atom. The first-order valence-corrected chi connectivity index (χ1v) is 17.1. The van der Waals surface area contributed by atoms with E-state index in [1.165, 1.54) is 53.7 Å². The van der Waals surface area contributed by atoms with Gasteiger partial charge in [0.05, 0.1) is 52.4 Å². The molecule has 0 unspecified atom stereocenters. The molecule has 0 aliphatic heterocycles. The third-order valence-corrected chi connectivity index (χ3v) is 9.04. The van der Waals surface area contributed by atoms with Gasteiger partial charge in [0, 0.05) is 32.5 Å². The molecule has 44 heavy (non-hydrogen) atoms. The molecule has 0 saturated heterocycles. The fourth-order valence-corrected chi connectivity index (χ4v) is 6.37. The topological polar surface area (TPSA) is 124 Å². The van der Waals surface area contributed by atoms with E-state index < -0.39 is 18.1 Å². The van der Waals surface area contributed by atoms with Crippen molar-refractivity contribution in [1.82, 2.24) is 0 Å². The highest BCUT2D eigenvalue weighted by molar-refractivity contribution is 8.14. The van der Waals surface area contributed by atoms with Gasteiger partial charge in [0.1, 0.15) is 11.5 Å². The molecule has 0 radical (unpaired) electrons. The van der Waals surface area contributed by atoms with Crippen molar-refractivity contribution in [3.05, 3.63) is 72.8 Å². The van der Waals surface area contributed by atoms with E-state index in [2.05, 4.69) is 0 Å². The maximum absolute atomic E-state index is 12.0. The van der Waals surface area contributed by atoms with Crippen molar-refractivity contribution in [2.45, 2.75) is 9.79 Å². The molecule has 0 spiro atoms. The fourth-order valence-electron chi connectivity index (χ4n) is 4.22. The molecule has 0 bridgehead atoms. The number of rotatable bonds is 10. The van der Waals surface area contributed by atoms with Crippen molar-refractivity contribution in [2.75, 3.05) is 42.7 Å². The summed E-state index contributed by atoms with van der Waals surface area (Å²) in [7, 11) is 12.2. The Morgan fingerprint density at radius 2 is 0.977 bits per heavy atom. The van der Waals surface area contributed by atoms with Crippen LogP contribution >= 0.6 is 21.4 Å². The van der Waals surface area contributed by atoms with Crippen LogP contribution in [0.1, 0.15) is 0 Å². The van der Waals surface area contributed by atoms with Crippen LogP contribution in [0.25, 0.3) is 22.3 Å². The molecule has 4 aromatic rings. The van der Waals surface area contributed by atoms with Gasteiger partial charge in [0.2, 0.25) is 0 Å². The summed E-state index contributed by atoms with van der Waals surface area (Å²) in [5, 5.41) is 0. The Labute approximate surface area is 265 Å². The molecule has 0 aromatic heterocycles. The molecular formula is C30H30Cl2O10S2. The number of hydrogen-bond donors (Lipinski definition) is 0. The van der Waals surface area contributed by atoms with Crippen LogP contribution in [0.3, 0.4) is 0 Å². The second-order valence-electron chi connectivity index (χ2n) is 8.71. The minimum atomic E-state index is -4.01. The highest BCUT2D eigenvalue weighted by Crippen LogP contribution is 2.45. The van der Waals surface area contributed by atoms with Crippen LogP contribution in [0.15, 0.2) is 82.6 Å². The van der Waals surface area contributed by atoms with Crippen LogP contribution in [0.4, 0.5) is 0 Å². The Kier molecular flexibility index (Phi) is 11.6. The van der Waals surface area contributed by atoms with Gasteiger partial charge in [-0.2, -0.15) is 0 Å². The van der Waals surface area contributed by atoms with E-state index in [1.54, 1.807) is 61.7 Å². The van der Waals surface area contributed by atoms with Crippen molar-refractivity contribution in [1.29, 1.82) is 0 Å². The van der Waals surface area contributed by atoms with Gasteiger partial charge < -0.3 is 28.4 Å². The van der Waals surface area contributed by atoms with Crippen molar-refractivity contribution < 1.29 is 45.3 Å². The first-order valence-electron chi connectivity index (χ1n) is 12.5. The molecule has 0 amide bonds. The zero-order chi connectivity index (χ0) is 32.7. The van der Waals surface area contributed by atoms with Crippen LogP contribution in [0.2, 0.25) is 0 Å². The average Bonchev–Trinajstić information content (AvgIpc) is 3.02. The summed E-state index contributed by atoms with van der Waals surface area (Å²) in [5.41, 5.74) is 2.02. The summed E-state index contributed by atoms with van der Waals surface area (Å²) >= 11 is 0. The fraction of sp³-hybridized carbons (Fsp3) is 0.200. The summed E-state index contributed by atoms with van der Waals surface area (Å²) < 4.78 is 78.6. The summed E-state index contributed by atoms with van der Waals surface area (Å²) in [6.45, 7) is 0. The first-order chi connectivity index (χ1) is 20.8. The van der Waals surface area contributed by atoms with Gasteiger partial charge >= 0.3 is 0 Å².